The standard InChI is InChI=1S/C22H24N4O4/c1-25(2)13-20(27)26(3)16-8-6-15(7-9-16)23-12-18-17-10-5-14(22(29)30-4)11-19(17)24-21(18)28/h5-12,23H,13H2,1-4H3,(H,24,28). The second-order valence-corrected chi connectivity index (χ2v) is 7.15. The molecule has 156 valence electrons. The molecule has 0 saturated carbocycles. The molecule has 0 fully saturated rings. The first-order valence-corrected chi connectivity index (χ1v) is 9.32. The first-order valence-electron chi connectivity index (χ1n) is 9.32. The fraction of sp³-hybridized carbons (Fsp3) is 0.227. The van der Waals surface area contributed by atoms with E-state index in [4.69, 9.17) is 4.74 Å². The number of hydrogen-bond donors (Lipinski definition) is 2. The second kappa shape index (κ2) is 8.79. The Hall–Kier alpha value is -3.65. The Bertz CT molecular complexity index is 1010. The summed E-state index contributed by atoms with van der Waals surface area (Å²) in [5.41, 5.74) is 3.64. The van der Waals surface area contributed by atoms with E-state index in [0.717, 1.165) is 11.4 Å². The van der Waals surface area contributed by atoms with Crippen molar-refractivity contribution in [3.05, 3.63) is 59.8 Å². The quantitative estimate of drug-likeness (QED) is 0.564. The zero-order valence-corrected chi connectivity index (χ0v) is 17.4. The van der Waals surface area contributed by atoms with Crippen molar-refractivity contribution in [2.24, 2.45) is 0 Å². The lowest BCUT2D eigenvalue weighted by molar-refractivity contribution is -0.119. The number of hydrogen-bond acceptors (Lipinski definition) is 6. The van der Waals surface area contributed by atoms with Gasteiger partial charge in [-0.2, -0.15) is 0 Å². The summed E-state index contributed by atoms with van der Waals surface area (Å²) >= 11 is 0. The van der Waals surface area contributed by atoms with E-state index < -0.39 is 5.97 Å². The van der Waals surface area contributed by atoms with Gasteiger partial charge in [-0.05, 0) is 50.5 Å². The predicted molar refractivity (Wildman–Crippen MR) is 116 cm³/mol. The molecule has 0 atom stereocenters. The number of anilines is 3. The van der Waals surface area contributed by atoms with Crippen molar-refractivity contribution in [1.29, 1.82) is 0 Å². The average molecular weight is 408 g/mol. The molecule has 1 heterocycles. The van der Waals surface area contributed by atoms with Crippen LogP contribution in [0.2, 0.25) is 0 Å². The Balaban J connectivity index is 1.73. The summed E-state index contributed by atoms with van der Waals surface area (Å²) in [4.78, 5) is 39.6. The molecule has 2 aromatic carbocycles. The highest BCUT2D eigenvalue weighted by Crippen LogP contribution is 2.32. The zero-order chi connectivity index (χ0) is 21.8. The number of amides is 2. The molecule has 0 saturated heterocycles. The Kier molecular flexibility index (Phi) is 6.17. The minimum Gasteiger partial charge on any atom is -0.465 e. The van der Waals surface area contributed by atoms with E-state index in [0.29, 0.717) is 28.9 Å². The van der Waals surface area contributed by atoms with Crippen molar-refractivity contribution in [2.45, 2.75) is 0 Å². The molecular weight excluding hydrogens is 384 g/mol. The summed E-state index contributed by atoms with van der Waals surface area (Å²) < 4.78 is 4.71. The van der Waals surface area contributed by atoms with Crippen LogP contribution in [-0.2, 0) is 14.3 Å². The van der Waals surface area contributed by atoms with Gasteiger partial charge in [0.1, 0.15) is 0 Å². The van der Waals surface area contributed by atoms with Crippen molar-refractivity contribution < 1.29 is 19.1 Å². The van der Waals surface area contributed by atoms with Crippen LogP contribution >= 0.6 is 0 Å². The lowest BCUT2D eigenvalue weighted by Crippen LogP contribution is -2.34. The summed E-state index contributed by atoms with van der Waals surface area (Å²) in [6.45, 7) is 0.328. The molecule has 8 nitrogen and oxygen atoms in total. The number of rotatable bonds is 6. The second-order valence-electron chi connectivity index (χ2n) is 7.15. The largest absolute Gasteiger partial charge is 0.465 e. The number of likely N-dealkylation sites (N-methyl/N-ethyl adjacent to an activating group) is 2. The van der Waals surface area contributed by atoms with Crippen molar-refractivity contribution in [3.63, 3.8) is 0 Å². The van der Waals surface area contributed by atoms with Gasteiger partial charge in [-0.1, -0.05) is 6.07 Å². The van der Waals surface area contributed by atoms with Crippen LogP contribution in [0.1, 0.15) is 15.9 Å². The number of methoxy groups -OCH3 is 1. The van der Waals surface area contributed by atoms with Crippen LogP contribution in [0.25, 0.3) is 5.57 Å². The zero-order valence-electron chi connectivity index (χ0n) is 17.4. The first-order chi connectivity index (χ1) is 14.3. The van der Waals surface area contributed by atoms with Gasteiger partial charge in [0.05, 0.1) is 24.8 Å². The topological polar surface area (TPSA) is 91.0 Å². The molecule has 0 bridgehead atoms. The molecule has 0 aromatic heterocycles. The van der Waals surface area contributed by atoms with Crippen LogP contribution < -0.4 is 15.5 Å². The highest BCUT2D eigenvalue weighted by molar-refractivity contribution is 6.31. The van der Waals surface area contributed by atoms with Crippen molar-refractivity contribution in [3.8, 4) is 0 Å². The van der Waals surface area contributed by atoms with Crippen LogP contribution in [0.15, 0.2) is 48.7 Å². The van der Waals surface area contributed by atoms with Crippen LogP contribution in [0.3, 0.4) is 0 Å². The molecule has 0 aliphatic carbocycles. The van der Waals surface area contributed by atoms with Gasteiger partial charge in [0, 0.05) is 35.9 Å². The minimum atomic E-state index is -0.461. The molecule has 1 aliphatic heterocycles. The third-order valence-electron chi connectivity index (χ3n) is 4.69. The van der Waals surface area contributed by atoms with Gasteiger partial charge in [-0.3, -0.25) is 9.59 Å². The van der Waals surface area contributed by atoms with Gasteiger partial charge in [0.25, 0.3) is 5.91 Å². The highest BCUT2D eigenvalue weighted by atomic mass is 16.5. The number of nitrogens with zero attached hydrogens (tertiary/aromatic N) is 2. The van der Waals surface area contributed by atoms with Gasteiger partial charge < -0.3 is 25.2 Å². The Morgan fingerprint density at radius 3 is 2.43 bits per heavy atom. The number of ether oxygens (including phenoxy) is 1. The molecular formula is C22H24N4O4. The molecule has 3 rings (SSSR count). The van der Waals surface area contributed by atoms with Crippen LogP contribution in [0, 0.1) is 0 Å². The Morgan fingerprint density at radius 1 is 1.10 bits per heavy atom. The van der Waals surface area contributed by atoms with Crippen molar-refractivity contribution in [1.82, 2.24) is 4.90 Å². The molecule has 0 spiro atoms. The maximum Gasteiger partial charge on any atom is 0.337 e. The lowest BCUT2D eigenvalue weighted by Gasteiger charge is -2.20. The Morgan fingerprint density at radius 2 is 1.80 bits per heavy atom. The predicted octanol–water partition coefficient (Wildman–Crippen LogP) is 2.40. The van der Waals surface area contributed by atoms with E-state index in [9.17, 15) is 14.4 Å². The van der Waals surface area contributed by atoms with E-state index in [2.05, 4.69) is 10.6 Å². The molecule has 2 amide bonds. The summed E-state index contributed by atoms with van der Waals surface area (Å²) in [5, 5.41) is 5.86. The Labute approximate surface area is 175 Å². The van der Waals surface area contributed by atoms with Gasteiger partial charge in [0.15, 0.2) is 0 Å². The normalized spacial score (nSPS) is 13.8. The lowest BCUT2D eigenvalue weighted by atomic mass is 10.1. The van der Waals surface area contributed by atoms with Gasteiger partial charge in [-0.15, -0.1) is 0 Å². The minimum absolute atomic E-state index is 0.00613. The van der Waals surface area contributed by atoms with Crippen LogP contribution in [0.5, 0.6) is 0 Å². The number of benzene rings is 2. The summed E-state index contributed by atoms with van der Waals surface area (Å²) in [6, 6.07) is 12.3. The molecule has 2 N–H and O–H groups in total. The van der Waals surface area contributed by atoms with E-state index >= 15 is 0 Å². The molecule has 1 aliphatic rings. The third kappa shape index (κ3) is 4.49. The van der Waals surface area contributed by atoms with E-state index in [-0.39, 0.29) is 11.8 Å². The van der Waals surface area contributed by atoms with E-state index in [1.54, 1.807) is 36.3 Å². The summed E-state index contributed by atoms with van der Waals surface area (Å²) in [5.74, 6) is -0.727. The fourth-order valence-corrected chi connectivity index (χ4v) is 3.04. The van der Waals surface area contributed by atoms with Crippen molar-refractivity contribution in [2.75, 3.05) is 50.3 Å². The number of fused-ring (bicyclic) bond motifs is 1. The monoisotopic (exact) mass is 408 g/mol. The van der Waals surface area contributed by atoms with Gasteiger partial charge in [-0.25, -0.2) is 4.79 Å². The van der Waals surface area contributed by atoms with Gasteiger partial charge in [0.2, 0.25) is 5.91 Å². The number of carbonyl (C=O) groups excluding carboxylic acids is 3. The molecule has 2 aromatic rings. The average Bonchev–Trinajstić information content (AvgIpc) is 3.05. The number of nitrogens with one attached hydrogen (secondary N) is 2. The molecule has 8 heteroatoms. The molecule has 0 radical (unpaired) electrons. The highest BCUT2D eigenvalue weighted by Gasteiger charge is 2.25. The molecule has 30 heavy (non-hydrogen) atoms. The number of esters is 1. The van der Waals surface area contributed by atoms with Crippen LogP contribution in [0.4, 0.5) is 17.1 Å². The maximum atomic E-state index is 12.3. The SMILES string of the molecule is COC(=O)c1ccc2c(c1)NC(=O)C2=CNc1ccc(N(C)C(=O)CN(C)C)cc1. The fourth-order valence-electron chi connectivity index (χ4n) is 3.04. The number of carbonyl (C=O) groups is 3. The van der Waals surface area contributed by atoms with Gasteiger partial charge >= 0.3 is 5.97 Å². The van der Waals surface area contributed by atoms with E-state index in [1.165, 1.54) is 7.11 Å². The smallest absolute Gasteiger partial charge is 0.337 e. The maximum absolute atomic E-state index is 12.3. The summed E-state index contributed by atoms with van der Waals surface area (Å²) in [6.07, 6.45) is 1.62. The van der Waals surface area contributed by atoms with Crippen LogP contribution in [-0.4, -0.2) is 57.5 Å². The third-order valence-corrected chi connectivity index (χ3v) is 4.69. The van der Waals surface area contributed by atoms with Crippen molar-refractivity contribution >= 4 is 40.4 Å². The molecule has 0 unspecified atom stereocenters. The summed E-state index contributed by atoms with van der Waals surface area (Å²) in [7, 11) is 6.74. The van der Waals surface area contributed by atoms with E-state index in [1.807, 2.05) is 43.3 Å². The first kappa shape index (κ1) is 21.1.